The zero-order chi connectivity index (χ0) is 21.7. The first-order valence-corrected chi connectivity index (χ1v) is 11.5. The summed E-state index contributed by atoms with van der Waals surface area (Å²) in [6, 6.07) is 11.8. The number of nitrogens with zero attached hydrogens (tertiary/aromatic N) is 1. The highest BCUT2D eigenvalue weighted by Gasteiger charge is 2.27. The van der Waals surface area contributed by atoms with Gasteiger partial charge in [0.15, 0.2) is 11.5 Å². The summed E-state index contributed by atoms with van der Waals surface area (Å²) in [7, 11) is -0.503. The van der Waals surface area contributed by atoms with E-state index < -0.39 is 10.0 Å². The largest absolute Gasteiger partial charge is 0.493 e. The summed E-state index contributed by atoms with van der Waals surface area (Å²) in [4.78, 5) is 14.8. The summed E-state index contributed by atoms with van der Waals surface area (Å²) in [5.41, 5.74) is 1.61. The molecule has 0 radical (unpaired) electrons. The van der Waals surface area contributed by atoms with Gasteiger partial charge in [-0.15, -0.1) is 0 Å². The lowest BCUT2D eigenvalue weighted by molar-refractivity contribution is 0.0711. The summed E-state index contributed by atoms with van der Waals surface area (Å²) in [6.45, 7) is 2.99. The van der Waals surface area contributed by atoms with Crippen LogP contribution in [0.5, 0.6) is 11.5 Å². The number of nitrogens with one attached hydrogen (secondary N) is 1. The molecule has 0 aromatic heterocycles. The van der Waals surface area contributed by atoms with E-state index >= 15 is 0 Å². The molecule has 162 valence electrons. The molecule has 2 aromatic rings. The second kappa shape index (κ2) is 9.49. The van der Waals surface area contributed by atoms with Gasteiger partial charge in [0.05, 0.1) is 19.1 Å². The lowest BCUT2D eigenvalue weighted by Gasteiger charge is -2.32. The van der Waals surface area contributed by atoms with E-state index in [1.165, 1.54) is 7.11 Å². The van der Waals surface area contributed by atoms with E-state index in [2.05, 4.69) is 4.72 Å². The van der Waals surface area contributed by atoms with E-state index in [1.54, 1.807) is 42.3 Å². The molecule has 7 nitrogen and oxygen atoms in total. The van der Waals surface area contributed by atoms with Gasteiger partial charge in [-0.2, -0.15) is 0 Å². The molecule has 2 aromatic carbocycles. The van der Waals surface area contributed by atoms with Gasteiger partial charge in [-0.3, -0.25) is 4.79 Å². The summed E-state index contributed by atoms with van der Waals surface area (Å²) >= 11 is 0. The minimum Gasteiger partial charge on any atom is -0.493 e. The maximum Gasteiger partial charge on any atom is 0.253 e. The number of amides is 1. The number of piperidine rings is 1. The van der Waals surface area contributed by atoms with Crippen molar-refractivity contribution in [3.8, 4) is 11.5 Å². The van der Waals surface area contributed by atoms with E-state index in [4.69, 9.17) is 9.47 Å². The Balaban J connectivity index is 1.60. The Hall–Kier alpha value is -2.58. The highest BCUT2D eigenvalue weighted by molar-refractivity contribution is 7.89. The standard InChI is InChI=1S/C22H28N2O5S/c1-4-16-5-8-19(9-6-16)30(26,27)23-18-11-13-24(14-12-18)22(25)17-7-10-20(28-2)21(15-17)29-3/h5-10,15,18,23H,4,11-14H2,1-3H3. The number of carbonyl (C=O) groups excluding carboxylic acids is 1. The van der Waals surface area contributed by atoms with Crippen LogP contribution in [0.3, 0.4) is 0 Å². The number of carbonyl (C=O) groups is 1. The molecule has 0 unspecified atom stereocenters. The summed E-state index contributed by atoms with van der Waals surface area (Å²) < 4.78 is 38.6. The Kier molecular flexibility index (Phi) is 6.99. The fourth-order valence-corrected chi connectivity index (χ4v) is 4.85. The van der Waals surface area contributed by atoms with Crippen LogP contribution in [0.1, 0.15) is 35.7 Å². The van der Waals surface area contributed by atoms with E-state index in [0.29, 0.717) is 43.0 Å². The van der Waals surface area contributed by atoms with Crippen molar-refractivity contribution < 1.29 is 22.7 Å². The van der Waals surface area contributed by atoms with Gasteiger partial charge in [0.25, 0.3) is 5.91 Å². The lowest BCUT2D eigenvalue weighted by Crippen LogP contribution is -2.46. The summed E-state index contributed by atoms with van der Waals surface area (Å²) in [6.07, 6.45) is 1.98. The van der Waals surface area contributed by atoms with Crippen molar-refractivity contribution in [1.29, 1.82) is 0 Å². The third-order valence-electron chi connectivity index (χ3n) is 5.38. The van der Waals surface area contributed by atoms with Crippen LogP contribution in [0.15, 0.2) is 47.4 Å². The van der Waals surface area contributed by atoms with E-state index in [1.807, 2.05) is 19.1 Å². The van der Waals surface area contributed by atoms with Crippen LogP contribution in [-0.2, 0) is 16.4 Å². The first-order chi connectivity index (χ1) is 14.4. The van der Waals surface area contributed by atoms with E-state index in [-0.39, 0.29) is 16.8 Å². The number of hydrogen-bond acceptors (Lipinski definition) is 5. The van der Waals surface area contributed by atoms with Gasteiger partial charge in [0, 0.05) is 24.7 Å². The SMILES string of the molecule is CCc1ccc(S(=O)(=O)NC2CCN(C(=O)c3ccc(OC)c(OC)c3)CC2)cc1. The quantitative estimate of drug-likeness (QED) is 0.727. The minimum absolute atomic E-state index is 0.104. The number of methoxy groups -OCH3 is 2. The van der Waals surface area contributed by atoms with Gasteiger partial charge in [0.2, 0.25) is 10.0 Å². The van der Waals surface area contributed by atoms with Crippen LogP contribution < -0.4 is 14.2 Å². The van der Waals surface area contributed by atoms with E-state index in [9.17, 15) is 13.2 Å². The first-order valence-electron chi connectivity index (χ1n) is 10.0. The van der Waals surface area contributed by atoms with Gasteiger partial charge < -0.3 is 14.4 Å². The number of rotatable bonds is 7. The molecule has 1 aliphatic heterocycles. The van der Waals surface area contributed by atoms with Crippen molar-refractivity contribution >= 4 is 15.9 Å². The van der Waals surface area contributed by atoms with Crippen molar-refractivity contribution in [2.45, 2.75) is 37.1 Å². The molecule has 3 rings (SSSR count). The second-order valence-corrected chi connectivity index (χ2v) is 8.97. The monoisotopic (exact) mass is 432 g/mol. The first kappa shape index (κ1) is 22.1. The normalized spacial score (nSPS) is 15.1. The topological polar surface area (TPSA) is 84.9 Å². The number of aryl methyl sites for hydroxylation is 1. The number of hydrogen-bond donors (Lipinski definition) is 1. The molecule has 8 heteroatoms. The van der Waals surface area contributed by atoms with Crippen molar-refractivity contribution in [2.24, 2.45) is 0 Å². The molecule has 1 amide bonds. The summed E-state index contributed by atoms with van der Waals surface area (Å²) in [5, 5.41) is 0. The molecule has 1 aliphatic rings. The Bertz CT molecular complexity index is 981. The average Bonchev–Trinajstić information content (AvgIpc) is 2.78. The molecular weight excluding hydrogens is 404 g/mol. The van der Waals surface area contributed by atoms with Crippen molar-refractivity contribution in [3.63, 3.8) is 0 Å². The molecule has 0 bridgehead atoms. The highest BCUT2D eigenvalue weighted by Crippen LogP contribution is 2.28. The average molecular weight is 433 g/mol. The molecule has 0 spiro atoms. The van der Waals surface area contributed by atoms with Gasteiger partial charge >= 0.3 is 0 Å². The Morgan fingerprint density at radius 3 is 2.23 bits per heavy atom. The fourth-order valence-electron chi connectivity index (χ4n) is 3.54. The predicted octanol–water partition coefficient (Wildman–Crippen LogP) is 2.85. The number of benzene rings is 2. The molecule has 0 atom stereocenters. The zero-order valence-electron chi connectivity index (χ0n) is 17.6. The van der Waals surface area contributed by atoms with Crippen LogP contribution in [0.25, 0.3) is 0 Å². The van der Waals surface area contributed by atoms with Crippen LogP contribution in [0.4, 0.5) is 0 Å². The smallest absolute Gasteiger partial charge is 0.253 e. The second-order valence-electron chi connectivity index (χ2n) is 7.26. The number of ether oxygens (including phenoxy) is 2. The molecular formula is C22H28N2O5S. The molecule has 0 saturated carbocycles. The maximum absolute atomic E-state index is 12.8. The van der Waals surface area contributed by atoms with Crippen LogP contribution in [-0.4, -0.2) is 52.6 Å². The Morgan fingerprint density at radius 2 is 1.67 bits per heavy atom. The van der Waals surface area contributed by atoms with Crippen molar-refractivity contribution in [3.05, 3.63) is 53.6 Å². The lowest BCUT2D eigenvalue weighted by atomic mass is 10.0. The Labute approximate surface area is 178 Å². The summed E-state index contributed by atoms with van der Waals surface area (Å²) in [5.74, 6) is 0.960. The molecule has 1 N–H and O–H groups in total. The van der Waals surface area contributed by atoms with Crippen LogP contribution in [0.2, 0.25) is 0 Å². The Morgan fingerprint density at radius 1 is 1.03 bits per heavy atom. The maximum atomic E-state index is 12.8. The van der Waals surface area contributed by atoms with Gasteiger partial charge in [0.1, 0.15) is 0 Å². The fraction of sp³-hybridized carbons (Fsp3) is 0.409. The molecule has 1 heterocycles. The minimum atomic E-state index is -3.58. The molecule has 30 heavy (non-hydrogen) atoms. The highest BCUT2D eigenvalue weighted by atomic mass is 32.2. The third kappa shape index (κ3) is 4.94. The van der Waals surface area contributed by atoms with Crippen molar-refractivity contribution in [2.75, 3.05) is 27.3 Å². The van der Waals surface area contributed by atoms with Crippen LogP contribution >= 0.6 is 0 Å². The van der Waals surface area contributed by atoms with Crippen molar-refractivity contribution in [1.82, 2.24) is 9.62 Å². The number of sulfonamides is 1. The van der Waals surface area contributed by atoms with Gasteiger partial charge in [-0.25, -0.2) is 13.1 Å². The molecule has 1 saturated heterocycles. The third-order valence-corrected chi connectivity index (χ3v) is 6.91. The predicted molar refractivity (Wildman–Crippen MR) is 115 cm³/mol. The number of likely N-dealkylation sites (tertiary alicyclic amines) is 1. The van der Waals surface area contributed by atoms with E-state index in [0.717, 1.165) is 12.0 Å². The van der Waals surface area contributed by atoms with Crippen LogP contribution in [0, 0.1) is 0 Å². The molecule has 0 aliphatic carbocycles. The van der Waals surface area contributed by atoms with Gasteiger partial charge in [-0.1, -0.05) is 19.1 Å². The molecule has 1 fully saturated rings. The zero-order valence-corrected chi connectivity index (χ0v) is 18.4. The van der Waals surface area contributed by atoms with Gasteiger partial charge in [-0.05, 0) is 55.2 Å².